The van der Waals surface area contributed by atoms with Gasteiger partial charge in [0.1, 0.15) is 5.60 Å². The third kappa shape index (κ3) is 3.41. The Morgan fingerprint density at radius 3 is 2.61 bits per heavy atom. The Hall–Kier alpha value is -3.05. The highest BCUT2D eigenvalue weighted by atomic mass is 16.3. The van der Waals surface area contributed by atoms with Gasteiger partial charge in [-0.25, -0.2) is 0 Å². The summed E-state index contributed by atoms with van der Waals surface area (Å²) in [5.74, 6) is -0.0774. The number of aliphatic hydroxyl groups is 1. The number of likely N-dealkylation sites (tertiary alicyclic amines) is 1. The number of benzene rings is 2. The molecule has 1 fully saturated rings. The van der Waals surface area contributed by atoms with E-state index in [1.165, 1.54) is 0 Å². The van der Waals surface area contributed by atoms with Crippen molar-refractivity contribution in [1.29, 1.82) is 0 Å². The SMILES string of the molecule is Cc1ccc(-c2cccc(C(=O)N3CC[C@@](O)(c4ccccc4C)C3)c2)nn1. The number of nitrogens with zero attached hydrogens (tertiary/aromatic N) is 3. The summed E-state index contributed by atoms with van der Waals surface area (Å²) >= 11 is 0. The minimum atomic E-state index is -0.999. The van der Waals surface area contributed by atoms with Gasteiger partial charge in [0.15, 0.2) is 0 Å². The lowest BCUT2D eigenvalue weighted by molar-refractivity contribution is 0.0412. The van der Waals surface area contributed by atoms with Crippen molar-refractivity contribution in [3.8, 4) is 11.3 Å². The van der Waals surface area contributed by atoms with Crippen LogP contribution < -0.4 is 0 Å². The molecule has 2 aromatic carbocycles. The van der Waals surface area contributed by atoms with Gasteiger partial charge in [0.2, 0.25) is 0 Å². The molecule has 5 heteroatoms. The van der Waals surface area contributed by atoms with Gasteiger partial charge in [-0.2, -0.15) is 10.2 Å². The van der Waals surface area contributed by atoms with E-state index in [0.29, 0.717) is 25.1 Å². The van der Waals surface area contributed by atoms with Crippen molar-refractivity contribution in [2.75, 3.05) is 13.1 Å². The van der Waals surface area contributed by atoms with Crippen molar-refractivity contribution in [2.24, 2.45) is 0 Å². The highest BCUT2D eigenvalue weighted by Gasteiger charge is 2.40. The first-order valence-corrected chi connectivity index (χ1v) is 9.45. The molecule has 0 spiro atoms. The van der Waals surface area contributed by atoms with Gasteiger partial charge in [-0.05, 0) is 55.7 Å². The number of hydrogen-bond acceptors (Lipinski definition) is 4. The number of rotatable bonds is 3. The van der Waals surface area contributed by atoms with E-state index in [2.05, 4.69) is 10.2 Å². The molecule has 142 valence electrons. The molecule has 2 heterocycles. The molecule has 28 heavy (non-hydrogen) atoms. The Kier molecular flexibility index (Phi) is 4.69. The van der Waals surface area contributed by atoms with E-state index in [4.69, 9.17) is 0 Å². The van der Waals surface area contributed by atoms with Crippen LogP contribution >= 0.6 is 0 Å². The first-order valence-electron chi connectivity index (χ1n) is 9.45. The number of amides is 1. The summed E-state index contributed by atoms with van der Waals surface area (Å²) in [5, 5.41) is 19.5. The van der Waals surface area contributed by atoms with Gasteiger partial charge < -0.3 is 10.0 Å². The predicted octanol–water partition coefficient (Wildman–Crippen LogP) is 3.49. The standard InChI is InChI=1S/C23H23N3O2/c1-16-6-3-4-9-20(16)23(28)12-13-26(15-23)22(27)19-8-5-7-18(14-19)21-11-10-17(2)24-25-21/h3-11,14,28H,12-13,15H2,1-2H3/t23-/m0/s1. The van der Waals surface area contributed by atoms with Crippen LogP contribution in [0.4, 0.5) is 0 Å². The van der Waals surface area contributed by atoms with Crippen LogP contribution in [0.2, 0.25) is 0 Å². The molecule has 1 atom stereocenters. The fraction of sp³-hybridized carbons (Fsp3) is 0.261. The lowest BCUT2D eigenvalue weighted by atomic mass is 9.89. The maximum absolute atomic E-state index is 13.1. The minimum absolute atomic E-state index is 0.0774. The van der Waals surface area contributed by atoms with Crippen LogP contribution in [0.15, 0.2) is 60.7 Å². The maximum Gasteiger partial charge on any atom is 0.253 e. The van der Waals surface area contributed by atoms with E-state index < -0.39 is 5.60 Å². The molecule has 0 unspecified atom stereocenters. The average Bonchev–Trinajstić information content (AvgIpc) is 3.11. The number of carbonyl (C=O) groups is 1. The van der Waals surface area contributed by atoms with Crippen molar-refractivity contribution < 1.29 is 9.90 Å². The molecule has 0 bridgehead atoms. The van der Waals surface area contributed by atoms with Crippen LogP contribution in [-0.4, -0.2) is 39.2 Å². The Bertz CT molecular complexity index is 1020. The third-order valence-electron chi connectivity index (χ3n) is 5.38. The molecule has 1 aliphatic rings. The summed E-state index contributed by atoms with van der Waals surface area (Å²) in [6, 6.07) is 19.0. The highest BCUT2D eigenvalue weighted by Crippen LogP contribution is 2.34. The molecular formula is C23H23N3O2. The second kappa shape index (κ2) is 7.17. The van der Waals surface area contributed by atoms with E-state index in [0.717, 1.165) is 28.1 Å². The van der Waals surface area contributed by atoms with E-state index in [1.807, 2.05) is 68.4 Å². The number of carbonyl (C=O) groups excluding carboxylic acids is 1. The van der Waals surface area contributed by atoms with Gasteiger partial charge in [0.25, 0.3) is 5.91 Å². The Morgan fingerprint density at radius 1 is 1.04 bits per heavy atom. The molecule has 1 N–H and O–H groups in total. The summed E-state index contributed by atoms with van der Waals surface area (Å²) in [5.41, 5.74) is 3.97. The number of hydrogen-bond donors (Lipinski definition) is 1. The maximum atomic E-state index is 13.1. The molecule has 1 aliphatic heterocycles. The lowest BCUT2D eigenvalue weighted by Gasteiger charge is -2.25. The Morgan fingerprint density at radius 2 is 1.86 bits per heavy atom. The van der Waals surface area contributed by atoms with Crippen molar-refractivity contribution >= 4 is 5.91 Å². The zero-order chi connectivity index (χ0) is 19.7. The molecule has 4 rings (SSSR count). The van der Waals surface area contributed by atoms with Crippen molar-refractivity contribution in [3.05, 3.63) is 83.0 Å². The van der Waals surface area contributed by atoms with Gasteiger partial charge in [-0.3, -0.25) is 4.79 Å². The molecule has 1 aromatic heterocycles. The van der Waals surface area contributed by atoms with Crippen molar-refractivity contribution in [3.63, 3.8) is 0 Å². The molecule has 1 amide bonds. The summed E-state index contributed by atoms with van der Waals surface area (Å²) in [6.45, 7) is 4.70. The quantitative estimate of drug-likeness (QED) is 0.763. The first-order chi connectivity index (χ1) is 13.5. The minimum Gasteiger partial charge on any atom is -0.383 e. The Balaban J connectivity index is 1.57. The molecular weight excluding hydrogens is 350 g/mol. The van der Waals surface area contributed by atoms with Crippen LogP contribution in [0.1, 0.15) is 33.6 Å². The lowest BCUT2D eigenvalue weighted by Crippen LogP contribution is -2.34. The zero-order valence-corrected chi connectivity index (χ0v) is 16.1. The normalized spacial score (nSPS) is 19.0. The van der Waals surface area contributed by atoms with Gasteiger partial charge in [0, 0.05) is 17.7 Å². The van der Waals surface area contributed by atoms with Crippen LogP contribution in [0.3, 0.4) is 0 Å². The second-order valence-corrected chi connectivity index (χ2v) is 7.46. The van der Waals surface area contributed by atoms with Crippen molar-refractivity contribution in [2.45, 2.75) is 25.9 Å². The monoisotopic (exact) mass is 373 g/mol. The smallest absolute Gasteiger partial charge is 0.253 e. The summed E-state index contributed by atoms with van der Waals surface area (Å²) in [7, 11) is 0. The van der Waals surface area contributed by atoms with E-state index in [1.54, 1.807) is 11.0 Å². The Labute approximate surface area is 164 Å². The molecule has 0 radical (unpaired) electrons. The second-order valence-electron chi connectivity index (χ2n) is 7.46. The number of aryl methyl sites for hydroxylation is 2. The van der Waals surface area contributed by atoms with Gasteiger partial charge in [0.05, 0.1) is 17.9 Å². The first kappa shape index (κ1) is 18.3. The molecule has 0 saturated carbocycles. The molecule has 1 saturated heterocycles. The molecule has 3 aromatic rings. The highest BCUT2D eigenvalue weighted by molar-refractivity contribution is 5.95. The number of aromatic nitrogens is 2. The fourth-order valence-electron chi connectivity index (χ4n) is 3.83. The van der Waals surface area contributed by atoms with Crippen LogP contribution in [0.5, 0.6) is 0 Å². The van der Waals surface area contributed by atoms with Crippen LogP contribution in [0.25, 0.3) is 11.3 Å². The average molecular weight is 373 g/mol. The van der Waals surface area contributed by atoms with Gasteiger partial charge in [-0.15, -0.1) is 0 Å². The fourth-order valence-corrected chi connectivity index (χ4v) is 3.83. The summed E-state index contributed by atoms with van der Waals surface area (Å²) in [6.07, 6.45) is 0.534. The summed E-state index contributed by atoms with van der Waals surface area (Å²) in [4.78, 5) is 14.8. The van der Waals surface area contributed by atoms with E-state index in [9.17, 15) is 9.90 Å². The third-order valence-corrected chi connectivity index (χ3v) is 5.38. The van der Waals surface area contributed by atoms with E-state index in [-0.39, 0.29) is 5.91 Å². The van der Waals surface area contributed by atoms with Gasteiger partial charge >= 0.3 is 0 Å². The van der Waals surface area contributed by atoms with Gasteiger partial charge in [-0.1, -0.05) is 36.4 Å². The zero-order valence-electron chi connectivity index (χ0n) is 16.1. The topological polar surface area (TPSA) is 66.3 Å². The predicted molar refractivity (Wildman–Crippen MR) is 108 cm³/mol. The largest absolute Gasteiger partial charge is 0.383 e. The van der Waals surface area contributed by atoms with Crippen LogP contribution in [-0.2, 0) is 5.60 Å². The molecule has 5 nitrogen and oxygen atoms in total. The van der Waals surface area contributed by atoms with Crippen LogP contribution in [0, 0.1) is 13.8 Å². The van der Waals surface area contributed by atoms with E-state index >= 15 is 0 Å². The van der Waals surface area contributed by atoms with Crippen molar-refractivity contribution in [1.82, 2.24) is 15.1 Å². The molecule has 0 aliphatic carbocycles. The summed E-state index contributed by atoms with van der Waals surface area (Å²) < 4.78 is 0. The number of β-amino-alcohol motifs (C(OH)–C–C–N with tert-alkyl or cyclic N) is 1.